The van der Waals surface area contributed by atoms with E-state index in [1.165, 1.54) is 17.7 Å². The van der Waals surface area contributed by atoms with Crippen LogP contribution in [0.4, 0.5) is 4.39 Å². The highest BCUT2D eigenvalue weighted by Gasteiger charge is 2.25. The molecule has 1 unspecified atom stereocenters. The number of nitrogens with zero attached hydrogens (tertiary/aromatic N) is 3. The first-order valence-corrected chi connectivity index (χ1v) is 10.4. The summed E-state index contributed by atoms with van der Waals surface area (Å²) in [5.74, 6) is -0.115. The summed E-state index contributed by atoms with van der Waals surface area (Å²) in [4.78, 5) is 19.1. The SMILES string of the molecule is O=C(NCc1cccc(Cn2ccnc2)c1)C1CCCN(Cc2ccc(F)cc2)C1. The van der Waals surface area contributed by atoms with Gasteiger partial charge in [-0.1, -0.05) is 36.4 Å². The first-order chi connectivity index (χ1) is 14.7. The number of rotatable bonds is 7. The van der Waals surface area contributed by atoms with E-state index in [4.69, 9.17) is 0 Å². The summed E-state index contributed by atoms with van der Waals surface area (Å²) < 4.78 is 15.1. The van der Waals surface area contributed by atoms with E-state index in [-0.39, 0.29) is 17.6 Å². The minimum Gasteiger partial charge on any atom is -0.352 e. The lowest BCUT2D eigenvalue weighted by Crippen LogP contribution is -2.42. The maximum Gasteiger partial charge on any atom is 0.224 e. The van der Waals surface area contributed by atoms with Crippen LogP contribution in [0.3, 0.4) is 0 Å². The Morgan fingerprint density at radius 2 is 1.93 bits per heavy atom. The lowest BCUT2D eigenvalue weighted by atomic mass is 9.96. The van der Waals surface area contributed by atoms with Gasteiger partial charge in [-0.25, -0.2) is 9.37 Å². The normalized spacial score (nSPS) is 17.0. The van der Waals surface area contributed by atoms with Crippen molar-refractivity contribution in [1.29, 1.82) is 0 Å². The molecule has 1 atom stereocenters. The van der Waals surface area contributed by atoms with Gasteiger partial charge in [0.05, 0.1) is 12.2 Å². The van der Waals surface area contributed by atoms with Gasteiger partial charge in [0, 0.05) is 38.6 Å². The molecule has 6 heteroatoms. The van der Waals surface area contributed by atoms with Gasteiger partial charge >= 0.3 is 0 Å². The molecule has 2 aromatic carbocycles. The molecule has 0 bridgehead atoms. The first-order valence-electron chi connectivity index (χ1n) is 10.4. The molecule has 1 aliphatic rings. The van der Waals surface area contributed by atoms with Gasteiger partial charge in [-0.3, -0.25) is 9.69 Å². The number of benzene rings is 2. The van der Waals surface area contributed by atoms with E-state index < -0.39 is 0 Å². The fourth-order valence-electron chi connectivity index (χ4n) is 4.02. The second kappa shape index (κ2) is 9.67. The summed E-state index contributed by atoms with van der Waals surface area (Å²) in [6.45, 7) is 3.76. The molecule has 2 heterocycles. The molecule has 0 saturated carbocycles. The molecule has 156 valence electrons. The third kappa shape index (κ3) is 5.54. The molecule has 1 aliphatic heterocycles. The second-order valence-corrected chi connectivity index (χ2v) is 7.97. The van der Waals surface area contributed by atoms with E-state index in [1.54, 1.807) is 12.5 Å². The minimum atomic E-state index is -0.219. The summed E-state index contributed by atoms with van der Waals surface area (Å²) in [5.41, 5.74) is 3.36. The van der Waals surface area contributed by atoms with Crippen molar-refractivity contribution in [1.82, 2.24) is 19.8 Å². The molecule has 1 amide bonds. The predicted molar refractivity (Wildman–Crippen MR) is 114 cm³/mol. The number of hydrogen-bond acceptors (Lipinski definition) is 3. The fourth-order valence-corrected chi connectivity index (χ4v) is 4.02. The molecular weight excluding hydrogens is 379 g/mol. The molecule has 1 aromatic heterocycles. The Morgan fingerprint density at radius 3 is 2.73 bits per heavy atom. The standard InChI is InChI=1S/C24H27FN4O/c25-23-8-6-19(7-9-23)15-28-11-2-5-22(17-28)24(30)27-14-20-3-1-4-21(13-20)16-29-12-10-26-18-29/h1,3-4,6-10,12-13,18,22H,2,5,11,14-17H2,(H,27,30). The number of aromatic nitrogens is 2. The summed E-state index contributed by atoms with van der Waals surface area (Å²) in [6, 6.07) is 14.9. The average Bonchev–Trinajstić information content (AvgIpc) is 3.27. The maximum absolute atomic E-state index is 13.1. The Hall–Kier alpha value is -2.99. The van der Waals surface area contributed by atoms with Crippen LogP contribution in [0.1, 0.15) is 29.5 Å². The fraction of sp³-hybridized carbons (Fsp3) is 0.333. The summed E-state index contributed by atoms with van der Waals surface area (Å²) in [6.07, 6.45) is 7.42. The van der Waals surface area contributed by atoms with Crippen molar-refractivity contribution in [2.45, 2.75) is 32.5 Å². The van der Waals surface area contributed by atoms with Crippen molar-refractivity contribution in [3.05, 3.63) is 89.8 Å². The maximum atomic E-state index is 13.1. The average molecular weight is 407 g/mol. The molecule has 30 heavy (non-hydrogen) atoms. The molecule has 0 aliphatic carbocycles. The third-order valence-corrected chi connectivity index (χ3v) is 5.58. The van der Waals surface area contributed by atoms with Crippen LogP contribution in [0.15, 0.2) is 67.3 Å². The van der Waals surface area contributed by atoms with E-state index in [9.17, 15) is 9.18 Å². The van der Waals surface area contributed by atoms with E-state index in [2.05, 4.69) is 27.3 Å². The van der Waals surface area contributed by atoms with Gasteiger partial charge < -0.3 is 9.88 Å². The molecule has 1 N–H and O–H groups in total. The van der Waals surface area contributed by atoms with Gasteiger partial charge in [0.15, 0.2) is 0 Å². The Morgan fingerprint density at radius 1 is 1.10 bits per heavy atom. The highest BCUT2D eigenvalue weighted by molar-refractivity contribution is 5.79. The largest absolute Gasteiger partial charge is 0.352 e. The monoisotopic (exact) mass is 406 g/mol. The van der Waals surface area contributed by atoms with Crippen LogP contribution in [-0.2, 0) is 24.4 Å². The van der Waals surface area contributed by atoms with Crippen LogP contribution < -0.4 is 5.32 Å². The van der Waals surface area contributed by atoms with Gasteiger partial charge in [-0.2, -0.15) is 0 Å². The quantitative estimate of drug-likeness (QED) is 0.652. The number of halogens is 1. The smallest absolute Gasteiger partial charge is 0.224 e. The Labute approximate surface area is 176 Å². The number of piperidine rings is 1. The Balaban J connectivity index is 1.28. The highest BCUT2D eigenvalue weighted by atomic mass is 19.1. The summed E-state index contributed by atoms with van der Waals surface area (Å²) in [7, 11) is 0. The number of amides is 1. The number of likely N-dealkylation sites (tertiary alicyclic amines) is 1. The zero-order chi connectivity index (χ0) is 20.8. The van der Waals surface area contributed by atoms with Gasteiger partial charge in [0.1, 0.15) is 5.82 Å². The van der Waals surface area contributed by atoms with Crippen LogP contribution in [0.25, 0.3) is 0 Å². The molecule has 5 nitrogen and oxygen atoms in total. The van der Waals surface area contributed by atoms with Gasteiger partial charge in [0.25, 0.3) is 0 Å². The van der Waals surface area contributed by atoms with Crippen molar-refractivity contribution in [3.8, 4) is 0 Å². The summed E-state index contributed by atoms with van der Waals surface area (Å²) in [5, 5.41) is 3.11. The number of nitrogens with one attached hydrogen (secondary N) is 1. The topological polar surface area (TPSA) is 50.2 Å². The number of carbonyl (C=O) groups excluding carboxylic acids is 1. The highest BCUT2D eigenvalue weighted by Crippen LogP contribution is 2.19. The van der Waals surface area contributed by atoms with Crippen LogP contribution >= 0.6 is 0 Å². The zero-order valence-electron chi connectivity index (χ0n) is 17.0. The summed E-state index contributed by atoms with van der Waals surface area (Å²) >= 11 is 0. The van der Waals surface area contributed by atoms with Crippen LogP contribution in [0.5, 0.6) is 0 Å². The first kappa shape index (κ1) is 20.3. The Kier molecular flexibility index (Phi) is 6.54. The Bertz CT molecular complexity index is 956. The predicted octanol–water partition coefficient (Wildman–Crippen LogP) is 3.60. The van der Waals surface area contributed by atoms with Crippen LogP contribution in [0.2, 0.25) is 0 Å². The molecular formula is C24H27FN4O. The van der Waals surface area contributed by atoms with Gasteiger partial charge in [-0.05, 0) is 48.2 Å². The molecule has 4 rings (SSSR count). The van der Waals surface area contributed by atoms with E-state index in [1.807, 2.05) is 35.0 Å². The third-order valence-electron chi connectivity index (χ3n) is 5.58. The van der Waals surface area contributed by atoms with Crippen LogP contribution in [0, 0.1) is 11.7 Å². The zero-order valence-corrected chi connectivity index (χ0v) is 17.0. The van der Waals surface area contributed by atoms with Crippen molar-refractivity contribution < 1.29 is 9.18 Å². The lowest BCUT2D eigenvalue weighted by Gasteiger charge is -2.32. The molecule has 1 saturated heterocycles. The van der Waals surface area contributed by atoms with Crippen molar-refractivity contribution in [2.75, 3.05) is 13.1 Å². The minimum absolute atomic E-state index is 0.00618. The van der Waals surface area contributed by atoms with Crippen molar-refractivity contribution in [2.24, 2.45) is 5.92 Å². The van der Waals surface area contributed by atoms with E-state index in [0.29, 0.717) is 6.54 Å². The second-order valence-electron chi connectivity index (χ2n) is 7.97. The molecule has 0 spiro atoms. The number of carbonyl (C=O) groups is 1. The van der Waals surface area contributed by atoms with Crippen molar-refractivity contribution >= 4 is 5.91 Å². The molecule has 0 radical (unpaired) electrons. The van der Waals surface area contributed by atoms with Crippen molar-refractivity contribution in [3.63, 3.8) is 0 Å². The van der Waals surface area contributed by atoms with Gasteiger partial charge in [-0.15, -0.1) is 0 Å². The van der Waals surface area contributed by atoms with Gasteiger partial charge in [0.2, 0.25) is 5.91 Å². The number of hydrogen-bond donors (Lipinski definition) is 1. The molecule has 1 fully saturated rings. The molecule has 3 aromatic rings. The van der Waals surface area contributed by atoms with E-state index in [0.717, 1.165) is 50.1 Å². The number of imidazole rings is 1. The van der Waals surface area contributed by atoms with Crippen LogP contribution in [-0.4, -0.2) is 33.4 Å². The lowest BCUT2D eigenvalue weighted by molar-refractivity contribution is -0.126. The van der Waals surface area contributed by atoms with E-state index >= 15 is 0 Å².